The number of likely N-dealkylation sites (tertiary alicyclic amines) is 2. The van der Waals surface area contributed by atoms with Crippen molar-refractivity contribution in [2.24, 2.45) is 17.8 Å². The summed E-state index contributed by atoms with van der Waals surface area (Å²) in [5, 5.41) is 6.43. The number of anilines is 1. The molecule has 1 unspecified atom stereocenters. The van der Waals surface area contributed by atoms with Crippen LogP contribution in [0, 0.1) is 17.8 Å². The minimum absolute atomic E-state index is 0.0589. The van der Waals surface area contributed by atoms with Crippen LogP contribution in [0.25, 0.3) is 0 Å². The highest BCUT2D eigenvalue weighted by Gasteiger charge is 2.35. The first kappa shape index (κ1) is 18.3. The molecule has 0 spiro atoms. The fourth-order valence-corrected chi connectivity index (χ4v) is 4.78. The van der Waals surface area contributed by atoms with Gasteiger partial charge < -0.3 is 20.4 Å². The van der Waals surface area contributed by atoms with Crippen LogP contribution in [-0.4, -0.2) is 61.0 Å². The molecule has 3 amide bonds. The molecule has 3 aliphatic rings. The predicted octanol–water partition coefficient (Wildman–Crippen LogP) is 2.39. The summed E-state index contributed by atoms with van der Waals surface area (Å²) in [6.07, 6.45) is 3.99. The van der Waals surface area contributed by atoms with Gasteiger partial charge in [-0.25, -0.2) is 4.79 Å². The monoisotopic (exact) mass is 370 g/mol. The lowest BCUT2D eigenvalue weighted by Crippen LogP contribution is -2.48. The molecule has 0 aliphatic carbocycles. The van der Waals surface area contributed by atoms with E-state index in [1.54, 1.807) is 4.90 Å². The number of urea groups is 1. The van der Waals surface area contributed by atoms with E-state index in [2.05, 4.69) is 15.5 Å². The molecule has 27 heavy (non-hydrogen) atoms. The molecule has 0 bridgehead atoms. The van der Waals surface area contributed by atoms with Crippen LogP contribution in [-0.2, 0) is 4.79 Å². The molecule has 2 N–H and O–H groups in total. The Kier molecular flexibility index (Phi) is 5.62. The molecular weight excluding hydrogens is 340 g/mol. The van der Waals surface area contributed by atoms with E-state index in [1.165, 1.54) is 0 Å². The first-order valence-corrected chi connectivity index (χ1v) is 10.3. The average Bonchev–Trinajstić information content (AvgIpc) is 3.06. The van der Waals surface area contributed by atoms with Crippen molar-refractivity contribution in [1.82, 2.24) is 15.1 Å². The minimum Gasteiger partial charge on any atom is -0.342 e. The van der Waals surface area contributed by atoms with Crippen LogP contribution in [0.15, 0.2) is 30.3 Å². The second kappa shape index (κ2) is 8.30. The summed E-state index contributed by atoms with van der Waals surface area (Å²) in [6.45, 7) is 5.19. The van der Waals surface area contributed by atoms with Gasteiger partial charge in [-0.2, -0.15) is 0 Å². The zero-order valence-electron chi connectivity index (χ0n) is 15.9. The van der Waals surface area contributed by atoms with Crippen molar-refractivity contribution in [3.63, 3.8) is 0 Å². The molecule has 3 fully saturated rings. The third kappa shape index (κ3) is 4.26. The van der Waals surface area contributed by atoms with Crippen LogP contribution in [0.5, 0.6) is 0 Å². The molecule has 4 rings (SSSR count). The second-order valence-corrected chi connectivity index (χ2v) is 8.16. The number of hydrogen-bond donors (Lipinski definition) is 2. The van der Waals surface area contributed by atoms with E-state index >= 15 is 0 Å². The number of piperidine rings is 1. The van der Waals surface area contributed by atoms with E-state index in [-0.39, 0.29) is 17.9 Å². The predicted molar refractivity (Wildman–Crippen MR) is 105 cm³/mol. The Labute approximate surface area is 161 Å². The summed E-state index contributed by atoms with van der Waals surface area (Å²) in [5.41, 5.74) is 0.795. The Hall–Kier alpha value is -2.08. The zero-order chi connectivity index (χ0) is 18.6. The Morgan fingerprint density at radius 1 is 0.926 bits per heavy atom. The number of nitrogens with zero attached hydrogens (tertiary/aromatic N) is 2. The summed E-state index contributed by atoms with van der Waals surface area (Å²) in [7, 11) is 0. The highest BCUT2D eigenvalue weighted by Crippen LogP contribution is 2.29. The number of rotatable bonds is 2. The Bertz CT molecular complexity index is 651. The van der Waals surface area contributed by atoms with Crippen molar-refractivity contribution in [2.45, 2.75) is 25.7 Å². The van der Waals surface area contributed by atoms with Crippen molar-refractivity contribution in [3.8, 4) is 0 Å². The maximum Gasteiger partial charge on any atom is 0.321 e. The van der Waals surface area contributed by atoms with Gasteiger partial charge in [-0.15, -0.1) is 0 Å². The molecule has 3 aliphatic heterocycles. The van der Waals surface area contributed by atoms with Crippen LogP contribution < -0.4 is 10.6 Å². The van der Waals surface area contributed by atoms with Gasteiger partial charge >= 0.3 is 6.03 Å². The molecule has 146 valence electrons. The quantitative estimate of drug-likeness (QED) is 0.840. The van der Waals surface area contributed by atoms with Crippen molar-refractivity contribution in [1.29, 1.82) is 0 Å². The summed E-state index contributed by atoms with van der Waals surface area (Å²) in [4.78, 5) is 29.6. The molecule has 0 saturated carbocycles. The van der Waals surface area contributed by atoms with Crippen LogP contribution in [0.1, 0.15) is 25.7 Å². The van der Waals surface area contributed by atoms with Gasteiger partial charge in [0, 0.05) is 31.9 Å². The smallest absolute Gasteiger partial charge is 0.321 e. The molecule has 0 radical (unpaired) electrons. The molecule has 3 saturated heterocycles. The summed E-state index contributed by atoms with van der Waals surface area (Å²) in [5.74, 6) is 1.64. The standard InChI is InChI=1S/C21H30N4O2/c26-20(24-11-8-16-13-22-14-17(16)9-12-24)18-5-4-10-25(15-18)21(27)23-19-6-2-1-3-7-19/h1-3,6-7,16-18,22H,4-5,8-15H2,(H,23,27)/t16-,17+,18?. The maximum absolute atomic E-state index is 13.1. The maximum atomic E-state index is 13.1. The number of para-hydroxylation sites is 1. The molecule has 1 aromatic carbocycles. The van der Waals surface area contributed by atoms with E-state index in [4.69, 9.17) is 0 Å². The van der Waals surface area contributed by atoms with Gasteiger partial charge in [-0.05, 0) is 62.7 Å². The zero-order valence-corrected chi connectivity index (χ0v) is 15.9. The van der Waals surface area contributed by atoms with Crippen LogP contribution in [0.4, 0.5) is 10.5 Å². The number of carbonyl (C=O) groups is 2. The molecule has 1 aromatic rings. The average molecular weight is 370 g/mol. The topological polar surface area (TPSA) is 64.7 Å². The van der Waals surface area contributed by atoms with Crippen molar-refractivity contribution in [2.75, 3.05) is 44.6 Å². The third-order valence-electron chi connectivity index (χ3n) is 6.41. The van der Waals surface area contributed by atoms with Gasteiger partial charge in [0.15, 0.2) is 0 Å². The number of carbonyl (C=O) groups excluding carboxylic acids is 2. The van der Waals surface area contributed by atoms with Gasteiger partial charge in [-0.3, -0.25) is 4.79 Å². The lowest BCUT2D eigenvalue weighted by Gasteiger charge is -2.34. The van der Waals surface area contributed by atoms with Crippen molar-refractivity contribution < 1.29 is 9.59 Å². The summed E-state index contributed by atoms with van der Waals surface area (Å²) in [6, 6.07) is 9.40. The number of hydrogen-bond acceptors (Lipinski definition) is 3. The Morgan fingerprint density at radius 3 is 2.33 bits per heavy atom. The van der Waals surface area contributed by atoms with Gasteiger partial charge in [0.25, 0.3) is 0 Å². The van der Waals surface area contributed by atoms with Crippen LogP contribution in [0.2, 0.25) is 0 Å². The highest BCUT2D eigenvalue weighted by atomic mass is 16.2. The van der Waals surface area contributed by atoms with Crippen molar-refractivity contribution >= 4 is 17.6 Å². The van der Waals surface area contributed by atoms with Gasteiger partial charge in [-0.1, -0.05) is 18.2 Å². The molecule has 3 atom stereocenters. The van der Waals surface area contributed by atoms with Gasteiger partial charge in [0.05, 0.1) is 5.92 Å². The molecule has 0 aromatic heterocycles. The largest absolute Gasteiger partial charge is 0.342 e. The highest BCUT2D eigenvalue weighted by molar-refractivity contribution is 5.90. The lowest BCUT2D eigenvalue weighted by molar-refractivity contribution is -0.136. The van der Waals surface area contributed by atoms with E-state index < -0.39 is 0 Å². The summed E-state index contributed by atoms with van der Waals surface area (Å²) >= 11 is 0. The van der Waals surface area contributed by atoms with E-state index in [9.17, 15) is 9.59 Å². The number of amides is 3. The van der Waals surface area contributed by atoms with Gasteiger partial charge in [0.2, 0.25) is 5.91 Å². The van der Waals surface area contributed by atoms with E-state index in [0.29, 0.717) is 6.54 Å². The van der Waals surface area contributed by atoms with Crippen LogP contribution >= 0.6 is 0 Å². The van der Waals surface area contributed by atoms with Gasteiger partial charge in [0.1, 0.15) is 0 Å². The first-order chi connectivity index (χ1) is 13.2. The van der Waals surface area contributed by atoms with Crippen molar-refractivity contribution in [3.05, 3.63) is 30.3 Å². The fraction of sp³-hybridized carbons (Fsp3) is 0.619. The molecule has 6 nitrogen and oxygen atoms in total. The SMILES string of the molecule is O=C(Nc1ccccc1)N1CCCC(C(=O)N2CC[C@@H]3CNC[C@@H]3CC2)C1. The Balaban J connectivity index is 1.33. The second-order valence-electron chi connectivity index (χ2n) is 8.16. The molecule has 6 heteroatoms. The third-order valence-corrected chi connectivity index (χ3v) is 6.41. The number of fused-ring (bicyclic) bond motifs is 1. The Morgan fingerprint density at radius 2 is 1.63 bits per heavy atom. The lowest BCUT2D eigenvalue weighted by atomic mass is 9.92. The normalized spacial score (nSPS) is 28.4. The molecular formula is C21H30N4O2. The number of nitrogens with one attached hydrogen (secondary N) is 2. The molecule has 3 heterocycles. The van der Waals surface area contributed by atoms with E-state index in [0.717, 1.165) is 75.9 Å². The minimum atomic E-state index is -0.102. The van der Waals surface area contributed by atoms with Crippen LogP contribution in [0.3, 0.4) is 0 Å². The first-order valence-electron chi connectivity index (χ1n) is 10.3. The van der Waals surface area contributed by atoms with E-state index in [1.807, 2.05) is 30.3 Å². The fourth-order valence-electron chi connectivity index (χ4n) is 4.78. The number of benzene rings is 1. The summed E-state index contributed by atoms with van der Waals surface area (Å²) < 4.78 is 0.